The molecule has 9 heavy (non-hydrogen) atoms. The van der Waals surface area contributed by atoms with Crippen molar-refractivity contribution >= 4 is 0 Å². The number of rotatable bonds is 0. The maximum atomic E-state index is 8.58. The Bertz CT molecular complexity index is 136. The second-order valence-corrected chi connectivity index (χ2v) is 2.75. The van der Waals surface area contributed by atoms with Crippen LogP contribution in [-0.4, -0.2) is 24.5 Å². The third kappa shape index (κ3) is 1.06. The molecule has 1 fully saturated rings. The summed E-state index contributed by atoms with van der Waals surface area (Å²) < 4.78 is 0. The molecule has 50 valence electrons. The van der Waals surface area contributed by atoms with Crippen LogP contribution in [0.5, 0.6) is 0 Å². The molecule has 0 unspecified atom stereocenters. The molecule has 0 bridgehead atoms. The number of hydrogen-bond donors (Lipinski definition) is 0. The summed E-state index contributed by atoms with van der Waals surface area (Å²) in [7, 11) is 2.07. The van der Waals surface area contributed by atoms with Crippen LogP contribution < -0.4 is 0 Å². The van der Waals surface area contributed by atoms with Gasteiger partial charge in [0.05, 0.1) is 12.0 Å². The van der Waals surface area contributed by atoms with Gasteiger partial charge in [0, 0.05) is 6.04 Å². The van der Waals surface area contributed by atoms with Crippen LogP contribution in [0.2, 0.25) is 0 Å². The van der Waals surface area contributed by atoms with Crippen LogP contribution in [0.15, 0.2) is 0 Å². The first kappa shape index (κ1) is 6.57. The zero-order valence-corrected chi connectivity index (χ0v) is 5.96. The van der Waals surface area contributed by atoms with Gasteiger partial charge in [-0.2, -0.15) is 5.26 Å². The summed E-state index contributed by atoms with van der Waals surface area (Å²) in [6, 6.07) is 2.77. The molecule has 2 nitrogen and oxygen atoms in total. The molecule has 2 heteroatoms. The molecule has 0 spiro atoms. The van der Waals surface area contributed by atoms with Crippen molar-refractivity contribution < 1.29 is 0 Å². The summed E-state index contributed by atoms with van der Waals surface area (Å²) in [4.78, 5) is 2.23. The number of nitriles is 1. The summed E-state index contributed by atoms with van der Waals surface area (Å²) in [6.07, 6.45) is 1.05. The molecule has 0 aromatic heterocycles. The monoisotopic (exact) mass is 124 g/mol. The van der Waals surface area contributed by atoms with Crippen LogP contribution in [0, 0.1) is 17.2 Å². The highest BCUT2D eigenvalue weighted by Gasteiger charge is 2.27. The molecule has 0 amide bonds. The fourth-order valence-corrected chi connectivity index (χ4v) is 1.27. The van der Waals surface area contributed by atoms with Crippen molar-refractivity contribution in [2.24, 2.45) is 5.92 Å². The number of likely N-dealkylation sites (tertiary alicyclic amines) is 1. The standard InChI is InChI=1S/C7H12N2/c1-6-7(5-8)3-4-9(6)2/h6-7H,3-4H2,1-2H3/t6-,7+/m0/s1. The van der Waals surface area contributed by atoms with Crippen LogP contribution in [-0.2, 0) is 0 Å². The van der Waals surface area contributed by atoms with Crippen molar-refractivity contribution in [3.63, 3.8) is 0 Å². The van der Waals surface area contributed by atoms with E-state index in [2.05, 4.69) is 24.9 Å². The van der Waals surface area contributed by atoms with Gasteiger partial charge in [-0.15, -0.1) is 0 Å². The van der Waals surface area contributed by atoms with Crippen LogP contribution in [0.4, 0.5) is 0 Å². The van der Waals surface area contributed by atoms with Gasteiger partial charge in [0.2, 0.25) is 0 Å². The summed E-state index contributed by atoms with van der Waals surface area (Å²) >= 11 is 0. The minimum atomic E-state index is 0.273. The zero-order valence-electron chi connectivity index (χ0n) is 5.96. The van der Waals surface area contributed by atoms with Gasteiger partial charge < -0.3 is 4.90 Å². The molecule has 1 saturated heterocycles. The van der Waals surface area contributed by atoms with E-state index in [1.165, 1.54) is 0 Å². The highest BCUT2D eigenvalue weighted by molar-refractivity contribution is 4.95. The van der Waals surface area contributed by atoms with Gasteiger partial charge in [0.1, 0.15) is 0 Å². The topological polar surface area (TPSA) is 27.0 Å². The summed E-state index contributed by atoms with van der Waals surface area (Å²) in [6.45, 7) is 3.19. The lowest BCUT2D eigenvalue weighted by Gasteiger charge is -2.14. The SMILES string of the molecule is C[C@H]1[C@@H](C#N)CCN1C. The largest absolute Gasteiger partial charge is 0.302 e. The molecule has 2 atom stereocenters. The Morgan fingerprint density at radius 2 is 2.33 bits per heavy atom. The van der Waals surface area contributed by atoms with Gasteiger partial charge >= 0.3 is 0 Å². The predicted octanol–water partition coefficient (Wildman–Crippen LogP) is 0.850. The number of hydrogen-bond acceptors (Lipinski definition) is 2. The van der Waals surface area contributed by atoms with Crippen LogP contribution in [0.1, 0.15) is 13.3 Å². The Labute approximate surface area is 56.1 Å². The summed E-state index contributed by atoms with van der Waals surface area (Å²) in [5, 5.41) is 8.58. The van der Waals surface area contributed by atoms with Crippen molar-refractivity contribution in [1.29, 1.82) is 5.26 Å². The van der Waals surface area contributed by atoms with E-state index in [4.69, 9.17) is 5.26 Å². The lowest BCUT2D eigenvalue weighted by atomic mass is 10.0. The Morgan fingerprint density at radius 3 is 2.56 bits per heavy atom. The molecule has 0 aromatic rings. The molecule has 0 aromatic carbocycles. The van der Waals surface area contributed by atoms with E-state index in [1.54, 1.807) is 0 Å². The van der Waals surface area contributed by atoms with Gasteiger partial charge in [-0.05, 0) is 26.9 Å². The van der Waals surface area contributed by atoms with Gasteiger partial charge in [0.15, 0.2) is 0 Å². The van der Waals surface area contributed by atoms with E-state index in [1.807, 2.05) is 0 Å². The molecule has 1 aliphatic rings. The van der Waals surface area contributed by atoms with Crippen molar-refractivity contribution in [1.82, 2.24) is 4.90 Å². The molecule has 1 heterocycles. The molecular formula is C7H12N2. The van der Waals surface area contributed by atoms with E-state index < -0.39 is 0 Å². The van der Waals surface area contributed by atoms with Gasteiger partial charge in [-0.3, -0.25) is 0 Å². The summed E-state index contributed by atoms with van der Waals surface area (Å²) in [5.74, 6) is 0.273. The molecule has 1 rings (SSSR count). The second-order valence-electron chi connectivity index (χ2n) is 2.75. The molecule has 0 aliphatic carbocycles. The van der Waals surface area contributed by atoms with E-state index in [-0.39, 0.29) is 5.92 Å². The molecule has 0 saturated carbocycles. The van der Waals surface area contributed by atoms with Crippen LogP contribution in [0.3, 0.4) is 0 Å². The first-order valence-corrected chi connectivity index (χ1v) is 3.35. The Morgan fingerprint density at radius 1 is 1.67 bits per heavy atom. The smallest absolute Gasteiger partial charge is 0.0672 e. The molecule has 0 N–H and O–H groups in total. The van der Waals surface area contributed by atoms with Crippen molar-refractivity contribution in [2.45, 2.75) is 19.4 Å². The third-order valence-corrected chi connectivity index (χ3v) is 2.24. The van der Waals surface area contributed by atoms with Crippen molar-refractivity contribution in [3.05, 3.63) is 0 Å². The highest BCUT2D eigenvalue weighted by Crippen LogP contribution is 2.20. The maximum absolute atomic E-state index is 8.58. The van der Waals surface area contributed by atoms with E-state index in [0.717, 1.165) is 13.0 Å². The van der Waals surface area contributed by atoms with E-state index >= 15 is 0 Å². The second kappa shape index (κ2) is 2.36. The first-order chi connectivity index (χ1) is 4.25. The normalized spacial score (nSPS) is 36.6. The minimum Gasteiger partial charge on any atom is -0.302 e. The minimum absolute atomic E-state index is 0.273. The third-order valence-electron chi connectivity index (χ3n) is 2.24. The van der Waals surface area contributed by atoms with E-state index in [9.17, 15) is 0 Å². The van der Waals surface area contributed by atoms with Crippen molar-refractivity contribution in [2.75, 3.05) is 13.6 Å². The van der Waals surface area contributed by atoms with Crippen LogP contribution in [0.25, 0.3) is 0 Å². The molecule has 1 aliphatic heterocycles. The average molecular weight is 124 g/mol. The quantitative estimate of drug-likeness (QED) is 0.478. The van der Waals surface area contributed by atoms with Crippen LogP contribution >= 0.6 is 0 Å². The average Bonchev–Trinajstić information content (AvgIpc) is 2.15. The summed E-state index contributed by atoms with van der Waals surface area (Å²) in [5.41, 5.74) is 0. The van der Waals surface area contributed by atoms with E-state index in [0.29, 0.717) is 6.04 Å². The van der Waals surface area contributed by atoms with Gasteiger partial charge in [-0.25, -0.2) is 0 Å². The fraction of sp³-hybridized carbons (Fsp3) is 0.857. The molecule has 0 radical (unpaired) electrons. The first-order valence-electron chi connectivity index (χ1n) is 3.35. The maximum Gasteiger partial charge on any atom is 0.0672 e. The number of nitrogens with zero attached hydrogens (tertiary/aromatic N) is 2. The Hall–Kier alpha value is -0.550. The highest BCUT2D eigenvalue weighted by atomic mass is 15.1. The fourth-order valence-electron chi connectivity index (χ4n) is 1.27. The lowest BCUT2D eigenvalue weighted by Crippen LogP contribution is -2.24. The van der Waals surface area contributed by atoms with Gasteiger partial charge in [-0.1, -0.05) is 0 Å². The Balaban J connectivity index is 2.54. The lowest BCUT2D eigenvalue weighted by molar-refractivity contribution is 0.313. The Kier molecular flexibility index (Phi) is 1.73. The molecular weight excluding hydrogens is 112 g/mol. The van der Waals surface area contributed by atoms with Crippen molar-refractivity contribution in [3.8, 4) is 6.07 Å². The van der Waals surface area contributed by atoms with Gasteiger partial charge in [0.25, 0.3) is 0 Å². The zero-order chi connectivity index (χ0) is 6.85. The predicted molar refractivity (Wildman–Crippen MR) is 35.8 cm³/mol.